The number of nitrogens with one attached hydrogen (secondary N) is 1. The van der Waals surface area contributed by atoms with Crippen LogP contribution in [0.3, 0.4) is 0 Å². The summed E-state index contributed by atoms with van der Waals surface area (Å²) in [6.07, 6.45) is 0. The van der Waals surface area contributed by atoms with E-state index in [2.05, 4.69) is 5.32 Å². The van der Waals surface area contributed by atoms with Gasteiger partial charge >= 0.3 is 5.63 Å². The topological polar surface area (TPSA) is 112 Å². The summed E-state index contributed by atoms with van der Waals surface area (Å²) < 4.78 is 10.2. The van der Waals surface area contributed by atoms with Crippen molar-refractivity contribution in [1.82, 2.24) is 0 Å². The molecule has 27 heavy (non-hydrogen) atoms. The maximum absolute atomic E-state index is 12.5. The highest BCUT2D eigenvalue weighted by molar-refractivity contribution is 6.42. The largest absolute Gasteiger partial charge is 0.497 e. The van der Waals surface area contributed by atoms with Gasteiger partial charge in [-0.05, 0) is 24.3 Å². The van der Waals surface area contributed by atoms with Crippen LogP contribution in [0.1, 0.15) is 10.4 Å². The van der Waals surface area contributed by atoms with Crippen molar-refractivity contribution in [1.29, 1.82) is 0 Å². The number of carbonyl (C=O) groups is 1. The average Bonchev–Trinajstić information content (AvgIpc) is 2.63. The van der Waals surface area contributed by atoms with Crippen LogP contribution in [-0.2, 0) is 0 Å². The Morgan fingerprint density at radius 1 is 1.19 bits per heavy atom. The molecule has 1 heterocycles. The Morgan fingerprint density at radius 3 is 2.56 bits per heavy atom. The first kappa shape index (κ1) is 18.7. The van der Waals surface area contributed by atoms with Crippen LogP contribution in [0.5, 0.6) is 5.75 Å². The molecule has 0 fully saturated rings. The van der Waals surface area contributed by atoms with E-state index in [1.807, 2.05) is 0 Å². The molecule has 1 amide bonds. The Bertz CT molecular complexity index is 1140. The lowest BCUT2D eigenvalue weighted by Gasteiger charge is -2.08. The number of anilines is 1. The Morgan fingerprint density at radius 2 is 1.89 bits per heavy atom. The first-order chi connectivity index (χ1) is 12.8. The molecule has 0 saturated heterocycles. The molecule has 0 bridgehead atoms. The van der Waals surface area contributed by atoms with Gasteiger partial charge in [-0.2, -0.15) is 0 Å². The number of hydrogen-bond donors (Lipinski definition) is 1. The second kappa shape index (κ2) is 7.26. The van der Waals surface area contributed by atoms with Crippen LogP contribution in [0.2, 0.25) is 10.0 Å². The van der Waals surface area contributed by atoms with E-state index in [1.165, 1.54) is 19.2 Å². The predicted molar refractivity (Wildman–Crippen MR) is 100 cm³/mol. The fourth-order valence-corrected chi connectivity index (χ4v) is 2.68. The van der Waals surface area contributed by atoms with Gasteiger partial charge in [-0.3, -0.25) is 14.9 Å². The van der Waals surface area contributed by atoms with Gasteiger partial charge in [-0.1, -0.05) is 23.2 Å². The number of halogens is 2. The van der Waals surface area contributed by atoms with Crippen molar-refractivity contribution in [2.45, 2.75) is 0 Å². The maximum Gasteiger partial charge on any atom is 0.349 e. The van der Waals surface area contributed by atoms with E-state index >= 15 is 0 Å². The van der Waals surface area contributed by atoms with Gasteiger partial charge in [-0.25, -0.2) is 4.79 Å². The molecule has 0 saturated carbocycles. The van der Waals surface area contributed by atoms with E-state index < -0.39 is 22.1 Å². The van der Waals surface area contributed by atoms with Gasteiger partial charge in [-0.15, -0.1) is 0 Å². The molecule has 0 radical (unpaired) electrons. The summed E-state index contributed by atoms with van der Waals surface area (Å²) in [6, 6.07) is 8.20. The summed E-state index contributed by atoms with van der Waals surface area (Å²) in [4.78, 5) is 35.1. The monoisotopic (exact) mass is 408 g/mol. The van der Waals surface area contributed by atoms with E-state index in [1.54, 1.807) is 12.1 Å². The molecule has 0 atom stereocenters. The van der Waals surface area contributed by atoms with Crippen LogP contribution in [0, 0.1) is 10.1 Å². The zero-order valence-electron chi connectivity index (χ0n) is 13.6. The SMILES string of the molecule is COc1ccc2cc(C(=O)Nc3cc(Cl)c(Cl)cc3[N+](=O)[O-])c(=O)oc2c1. The molecule has 10 heteroatoms. The summed E-state index contributed by atoms with van der Waals surface area (Å²) in [5, 5.41) is 13.9. The highest BCUT2D eigenvalue weighted by Gasteiger charge is 2.21. The van der Waals surface area contributed by atoms with Gasteiger partial charge in [0.25, 0.3) is 11.6 Å². The van der Waals surface area contributed by atoms with Crippen molar-refractivity contribution < 1.29 is 18.9 Å². The molecule has 0 aliphatic carbocycles. The quantitative estimate of drug-likeness (QED) is 0.391. The number of ether oxygens (including phenoxy) is 1. The van der Waals surface area contributed by atoms with Gasteiger partial charge in [0.1, 0.15) is 22.6 Å². The molecule has 0 aliphatic heterocycles. The molecule has 0 spiro atoms. The normalized spacial score (nSPS) is 10.6. The van der Waals surface area contributed by atoms with Gasteiger partial charge in [0.2, 0.25) is 0 Å². The predicted octanol–water partition coefficient (Wildman–Crippen LogP) is 4.27. The third kappa shape index (κ3) is 3.71. The highest BCUT2D eigenvalue weighted by atomic mass is 35.5. The molecule has 138 valence electrons. The van der Waals surface area contributed by atoms with Crippen LogP contribution >= 0.6 is 23.2 Å². The fourth-order valence-electron chi connectivity index (χ4n) is 2.35. The number of benzene rings is 2. The van der Waals surface area contributed by atoms with Crippen molar-refractivity contribution in [2.75, 3.05) is 12.4 Å². The first-order valence-corrected chi connectivity index (χ1v) is 8.12. The van der Waals surface area contributed by atoms with E-state index in [9.17, 15) is 19.7 Å². The third-order valence-corrected chi connectivity index (χ3v) is 4.39. The van der Waals surface area contributed by atoms with E-state index in [0.717, 1.165) is 12.1 Å². The average molecular weight is 409 g/mol. The van der Waals surface area contributed by atoms with Crippen molar-refractivity contribution in [2.24, 2.45) is 0 Å². The van der Waals surface area contributed by atoms with Crippen molar-refractivity contribution in [3.63, 3.8) is 0 Å². The standard InChI is InChI=1S/C17H10Cl2N2O6/c1-26-9-3-2-8-4-10(17(23)27-15(8)5-9)16(22)20-13-6-11(18)12(19)7-14(13)21(24)25/h2-7H,1H3,(H,20,22). The smallest absolute Gasteiger partial charge is 0.349 e. The Labute approximate surface area is 161 Å². The van der Waals surface area contributed by atoms with Crippen LogP contribution < -0.4 is 15.7 Å². The molecule has 3 aromatic rings. The zero-order valence-corrected chi connectivity index (χ0v) is 15.1. The molecule has 2 aromatic carbocycles. The van der Waals surface area contributed by atoms with E-state index in [4.69, 9.17) is 32.4 Å². The number of fused-ring (bicyclic) bond motifs is 1. The second-order valence-electron chi connectivity index (χ2n) is 5.35. The number of nitro benzene ring substituents is 1. The highest BCUT2D eigenvalue weighted by Crippen LogP contribution is 2.34. The molecular formula is C17H10Cl2N2O6. The molecule has 1 aromatic heterocycles. The number of methoxy groups -OCH3 is 1. The minimum absolute atomic E-state index is 0.00945. The van der Waals surface area contributed by atoms with Gasteiger partial charge in [0, 0.05) is 17.5 Å². The zero-order chi connectivity index (χ0) is 19.7. The summed E-state index contributed by atoms with van der Waals surface area (Å²) in [7, 11) is 1.46. The number of rotatable bonds is 4. The van der Waals surface area contributed by atoms with Gasteiger partial charge < -0.3 is 14.5 Å². The minimum atomic E-state index is -0.907. The molecule has 8 nitrogen and oxygen atoms in total. The Kier molecular flexibility index (Phi) is 5.02. The van der Waals surface area contributed by atoms with Crippen LogP contribution in [-0.4, -0.2) is 17.9 Å². The molecule has 0 unspecified atom stereocenters. The molecule has 0 aliphatic rings. The van der Waals surface area contributed by atoms with Gasteiger partial charge in [0.05, 0.1) is 22.1 Å². The maximum atomic E-state index is 12.5. The van der Waals surface area contributed by atoms with E-state index in [0.29, 0.717) is 11.1 Å². The summed E-state index contributed by atoms with van der Waals surface area (Å²) in [5.74, 6) is -0.405. The van der Waals surface area contributed by atoms with Crippen LogP contribution in [0.15, 0.2) is 45.6 Å². The lowest BCUT2D eigenvalue weighted by molar-refractivity contribution is -0.383. The number of carbonyl (C=O) groups excluding carboxylic acids is 1. The fraction of sp³-hybridized carbons (Fsp3) is 0.0588. The number of amides is 1. The van der Waals surface area contributed by atoms with Gasteiger partial charge in [0.15, 0.2) is 0 Å². The lowest BCUT2D eigenvalue weighted by Crippen LogP contribution is -2.21. The van der Waals surface area contributed by atoms with Crippen LogP contribution in [0.4, 0.5) is 11.4 Å². The van der Waals surface area contributed by atoms with Crippen LogP contribution in [0.25, 0.3) is 11.0 Å². The summed E-state index contributed by atoms with van der Waals surface area (Å²) in [6.45, 7) is 0. The summed E-state index contributed by atoms with van der Waals surface area (Å²) in [5.41, 5.74) is -1.67. The molecule has 3 rings (SSSR count). The van der Waals surface area contributed by atoms with Crippen molar-refractivity contribution >= 4 is 51.5 Å². The Hall–Kier alpha value is -3.10. The third-order valence-electron chi connectivity index (χ3n) is 3.67. The molecular weight excluding hydrogens is 399 g/mol. The number of hydrogen-bond acceptors (Lipinski definition) is 6. The summed E-state index contributed by atoms with van der Waals surface area (Å²) >= 11 is 11.6. The first-order valence-electron chi connectivity index (χ1n) is 7.37. The number of nitro groups is 1. The molecule has 1 N–H and O–H groups in total. The van der Waals surface area contributed by atoms with Crippen molar-refractivity contribution in [3.8, 4) is 5.75 Å². The Balaban J connectivity index is 2.02. The van der Waals surface area contributed by atoms with E-state index in [-0.39, 0.29) is 26.9 Å². The number of nitrogens with zero attached hydrogens (tertiary/aromatic N) is 1. The lowest BCUT2D eigenvalue weighted by atomic mass is 10.1. The minimum Gasteiger partial charge on any atom is -0.497 e. The van der Waals surface area contributed by atoms with Crippen molar-refractivity contribution in [3.05, 3.63) is 72.5 Å². The second-order valence-corrected chi connectivity index (χ2v) is 6.16.